The van der Waals surface area contributed by atoms with Gasteiger partial charge in [0.05, 0.1) is 6.54 Å². The van der Waals surface area contributed by atoms with Crippen LogP contribution in [0.2, 0.25) is 0 Å². The van der Waals surface area contributed by atoms with Crippen LogP contribution in [0.4, 0.5) is 13.2 Å². The van der Waals surface area contributed by atoms with Gasteiger partial charge in [0.1, 0.15) is 0 Å². The molecule has 1 amide bonds. The van der Waals surface area contributed by atoms with E-state index in [1.165, 1.54) is 0 Å². The summed E-state index contributed by atoms with van der Waals surface area (Å²) >= 11 is 0. The van der Waals surface area contributed by atoms with E-state index in [-0.39, 0.29) is 6.42 Å². The maximum atomic E-state index is 11.8. The summed E-state index contributed by atoms with van der Waals surface area (Å²) in [6, 6.07) is 0. The predicted molar refractivity (Wildman–Crippen MR) is 47.0 cm³/mol. The Morgan fingerprint density at radius 1 is 1.47 bits per heavy atom. The molecule has 1 aliphatic carbocycles. The maximum Gasteiger partial charge on any atom is 0.416 e. The van der Waals surface area contributed by atoms with Crippen molar-refractivity contribution < 1.29 is 23.1 Å². The standard InChI is InChI=1S/C9H14F3NO2/c10-9(11,12)7(14)5-13-8(15)4-6-2-1-3-6/h6-7,14H,1-5H2,(H,13,15). The topological polar surface area (TPSA) is 49.3 Å². The van der Waals surface area contributed by atoms with Crippen LogP contribution >= 0.6 is 0 Å². The Balaban J connectivity index is 2.15. The minimum atomic E-state index is -4.66. The lowest BCUT2D eigenvalue weighted by Crippen LogP contribution is -2.41. The van der Waals surface area contributed by atoms with Crippen molar-refractivity contribution >= 4 is 5.91 Å². The van der Waals surface area contributed by atoms with Gasteiger partial charge in [-0.05, 0) is 18.8 Å². The van der Waals surface area contributed by atoms with Gasteiger partial charge in [-0.3, -0.25) is 4.79 Å². The van der Waals surface area contributed by atoms with Crippen LogP contribution in [0.1, 0.15) is 25.7 Å². The molecular formula is C9H14F3NO2. The average molecular weight is 225 g/mol. The van der Waals surface area contributed by atoms with E-state index in [2.05, 4.69) is 5.32 Å². The summed E-state index contributed by atoms with van der Waals surface area (Å²) < 4.78 is 35.5. The molecule has 0 aromatic heterocycles. The van der Waals surface area contributed by atoms with E-state index in [0.29, 0.717) is 5.92 Å². The monoisotopic (exact) mass is 225 g/mol. The van der Waals surface area contributed by atoms with E-state index in [9.17, 15) is 18.0 Å². The molecule has 1 saturated carbocycles. The van der Waals surface area contributed by atoms with Gasteiger partial charge in [-0.15, -0.1) is 0 Å². The van der Waals surface area contributed by atoms with Gasteiger partial charge in [-0.2, -0.15) is 13.2 Å². The van der Waals surface area contributed by atoms with E-state index in [4.69, 9.17) is 5.11 Å². The molecule has 1 rings (SSSR count). The van der Waals surface area contributed by atoms with Gasteiger partial charge in [0, 0.05) is 6.42 Å². The zero-order chi connectivity index (χ0) is 11.5. The quantitative estimate of drug-likeness (QED) is 0.755. The Kier molecular flexibility index (Phi) is 3.96. The fourth-order valence-corrected chi connectivity index (χ4v) is 1.36. The molecule has 0 aromatic rings. The number of hydrogen-bond acceptors (Lipinski definition) is 2. The molecule has 88 valence electrons. The number of rotatable bonds is 4. The molecule has 1 fully saturated rings. The Morgan fingerprint density at radius 3 is 2.47 bits per heavy atom. The molecule has 0 heterocycles. The third-order valence-corrected chi connectivity index (χ3v) is 2.57. The first-order valence-electron chi connectivity index (χ1n) is 4.91. The number of hydrogen-bond donors (Lipinski definition) is 2. The number of alkyl halides is 3. The Morgan fingerprint density at radius 2 is 2.07 bits per heavy atom. The molecular weight excluding hydrogens is 211 g/mol. The molecule has 1 aliphatic rings. The van der Waals surface area contributed by atoms with Crippen molar-refractivity contribution in [3.05, 3.63) is 0 Å². The van der Waals surface area contributed by atoms with Crippen molar-refractivity contribution in [2.24, 2.45) is 5.92 Å². The average Bonchev–Trinajstić information content (AvgIpc) is 2.05. The van der Waals surface area contributed by atoms with Crippen LogP contribution in [-0.2, 0) is 4.79 Å². The van der Waals surface area contributed by atoms with Crippen LogP contribution in [0.3, 0.4) is 0 Å². The van der Waals surface area contributed by atoms with Crippen LogP contribution in [0.5, 0.6) is 0 Å². The summed E-state index contributed by atoms with van der Waals surface area (Å²) in [4.78, 5) is 11.1. The summed E-state index contributed by atoms with van der Waals surface area (Å²) in [5, 5.41) is 10.7. The molecule has 15 heavy (non-hydrogen) atoms. The summed E-state index contributed by atoms with van der Waals surface area (Å²) in [6.07, 6.45) is -3.84. The lowest BCUT2D eigenvalue weighted by Gasteiger charge is -2.24. The van der Waals surface area contributed by atoms with Gasteiger partial charge in [0.2, 0.25) is 5.91 Å². The molecule has 1 atom stereocenters. The van der Waals surface area contributed by atoms with E-state index in [1.807, 2.05) is 0 Å². The summed E-state index contributed by atoms with van der Waals surface area (Å²) in [5.41, 5.74) is 0. The van der Waals surface area contributed by atoms with Gasteiger partial charge in [0.15, 0.2) is 6.10 Å². The van der Waals surface area contributed by atoms with E-state index in [1.54, 1.807) is 0 Å². The smallest absolute Gasteiger partial charge is 0.382 e. The van der Waals surface area contributed by atoms with Crippen LogP contribution < -0.4 is 5.32 Å². The number of aliphatic hydroxyl groups excluding tert-OH is 1. The van der Waals surface area contributed by atoms with Crippen LogP contribution in [0, 0.1) is 5.92 Å². The molecule has 2 N–H and O–H groups in total. The number of carbonyl (C=O) groups excluding carboxylic acids is 1. The third-order valence-electron chi connectivity index (χ3n) is 2.57. The molecule has 6 heteroatoms. The highest BCUT2D eigenvalue weighted by molar-refractivity contribution is 5.76. The van der Waals surface area contributed by atoms with Crippen LogP contribution in [-0.4, -0.2) is 29.8 Å². The van der Waals surface area contributed by atoms with Gasteiger partial charge in [0.25, 0.3) is 0 Å². The number of nitrogens with one attached hydrogen (secondary N) is 1. The molecule has 0 spiro atoms. The highest BCUT2D eigenvalue weighted by atomic mass is 19.4. The van der Waals surface area contributed by atoms with E-state index in [0.717, 1.165) is 19.3 Å². The normalized spacial score (nSPS) is 19.5. The highest BCUT2D eigenvalue weighted by Crippen LogP contribution is 2.29. The number of carbonyl (C=O) groups is 1. The fourth-order valence-electron chi connectivity index (χ4n) is 1.36. The first-order valence-corrected chi connectivity index (χ1v) is 4.91. The molecule has 1 unspecified atom stereocenters. The zero-order valence-corrected chi connectivity index (χ0v) is 8.18. The van der Waals surface area contributed by atoms with E-state index >= 15 is 0 Å². The summed E-state index contributed by atoms with van der Waals surface area (Å²) in [5.74, 6) is -0.101. The molecule has 0 saturated heterocycles. The lowest BCUT2D eigenvalue weighted by molar-refractivity contribution is -0.201. The molecule has 0 bridgehead atoms. The molecule has 0 aliphatic heterocycles. The Hall–Kier alpha value is -0.780. The predicted octanol–water partition coefficient (Wildman–Crippen LogP) is 1.22. The maximum absolute atomic E-state index is 11.8. The third kappa shape index (κ3) is 4.07. The largest absolute Gasteiger partial charge is 0.416 e. The fraction of sp³-hybridized carbons (Fsp3) is 0.889. The second kappa shape index (κ2) is 4.83. The minimum Gasteiger partial charge on any atom is -0.382 e. The first kappa shape index (κ1) is 12.3. The van der Waals surface area contributed by atoms with Crippen molar-refractivity contribution in [2.45, 2.75) is 38.0 Å². The van der Waals surface area contributed by atoms with E-state index < -0.39 is 24.7 Å². The van der Waals surface area contributed by atoms with Crippen LogP contribution in [0.15, 0.2) is 0 Å². The molecule has 3 nitrogen and oxygen atoms in total. The van der Waals surface area contributed by atoms with Gasteiger partial charge < -0.3 is 10.4 Å². The summed E-state index contributed by atoms with van der Waals surface area (Å²) in [7, 11) is 0. The highest BCUT2D eigenvalue weighted by Gasteiger charge is 2.38. The number of halogens is 3. The summed E-state index contributed by atoms with van der Waals surface area (Å²) in [6.45, 7) is -0.755. The lowest BCUT2D eigenvalue weighted by atomic mass is 9.83. The van der Waals surface area contributed by atoms with Gasteiger partial charge in [-0.1, -0.05) is 6.42 Å². The Bertz CT molecular complexity index is 226. The van der Waals surface area contributed by atoms with Crippen molar-refractivity contribution in [1.82, 2.24) is 5.32 Å². The second-order valence-corrected chi connectivity index (χ2v) is 3.86. The van der Waals surface area contributed by atoms with Gasteiger partial charge >= 0.3 is 6.18 Å². The Labute approximate surface area is 85.7 Å². The van der Waals surface area contributed by atoms with Crippen molar-refractivity contribution in [3.63, 3.8) is 0 Å². The first-order chi connectivity index (χ1) is 6.89. The van der Waals surface area contributed by atoms with Crippen molar-refractivity contribution in [1.29, 1.82) is 0 Å². The number of amides is 1. The molecule has 0 aromatic carbocycles. The second-order valence-electron chi connectivity index (χ2n) is 3.86. The van der Waals surface area contributed by atoms with Crippen molar-refractivity contribution in [2.75, 3.05) is 6.54 Å². The molecule has 0 radical (unpaired) electrons. The minimum absolute atomic E-state index is 0.268. The van der Waals surface area contributed by atoms with Gasteiger partial charge in [-0.25, -0.2) is 0 Å². The van der Waals surface area contributed by atoms with Crippen molar-refractivity contribution in [3.8, 4) is 0 Å². The number of aliphatic hydroxyl groups is 1. The van der Waals surface area contributed by atoms with Crippen LogP contribution in [0.25, 0.3) is 0 Å². The zero-order valence-electron chi connectivity index (χ0n) is 8.18. The SMILES string of the molecule is O=C(CC1CCC1)NCC(O)C(F)(F)F.